The summed E-state index contributed by atoms with van der Waals surface area (Å²) in [5.74, 6) is 1.16. The summed E-state index contributed by atoms with van der Waals surface area (Å²) in [6.45, 7) is 5.31. The van der Waals surface area contributed by atoms with E-state index in [4.69, 9.17) is 0 Å². The van der Waals surface area contributed by atoms with Gasteiger partial charge in [0.05, 0.1) is 0 Å². The topological polar surface area (TPSA) is 29.9 Å². The van der Waals surface area contributed by atoms with Crippen molar-refractivity contribution in [1.82, 2.24) is 14.9 Å². The van der Waals surface area contributed by atoms with Crippen LogP contribution in [0, 0.1) is 0 Å². The van der Waals surface area contributed by atoms with Crippen LogP contribution in [0.5, 0.6) is 0 Å². The Bertz CT molecular complexity index is 229. The molecule has 1 atom stereocenters. The monoisotopic (exact) mass is 167 g/mol. The fraction of sp³-hybridized carbons (Fsp3) is 0.667. The van der Waals surface area contributed by atoms with Crippen LogP contribution in [0.15, 0.2) is 12.4 Å². The number of rotatable bonds is 4. The van der Waals surface area contributed by atoms with Gasteiger partial charge in [0.2, 0.25) is 0 Å². The van der Waals surface area contributed by atoms with Crippen LogP contribution in [0.4, 0.5) is 0 Å². The molecule has 0 saturated heterocycles. The molecule has 1 aromatic rings. The molecule has 0 radical (unpaired) electrons. The zero-order valence-electron chi connectivity index (χ0n) is 8.04. The summed E-state index contributed by atoms with van der Waals surface area (Å²) in [5, 5.41) is 3.16. The number of aryl methyl sites for hydroxylation is 1. The van der Waals surface area contributed by atoms with Crippen molar-refractivity contribution < 1.29 is 0 Å². The van der Waals surface area contributed by atoms with Crippen LogP contribution in [-0.4, -0.2) is 23.1 Å². The van der Waals surface area contributed by atoms with Crippen LogP contribution >= 0.6 is 0 Å². The first-order chi connectivity index (χ1) is 5.79. The van der Waals surface area contributed by atoms with Gasteiger partial charge in [-0.05, 0) is 14.0 Å². The largest absolute Gasteiger partial charge is 0.331 e. The molecule has 0 aliphatic heterocycles. The van der Waals surface area contributed by atoms with E-state index in [9.17, 15) is 0 Å². The molecule has 0 spiro atoms. The minimum atomic E-state index is 0.493. The van der Waals surface area contributed by atoms with Gasteiger partial charge in [-0.2, -0.15) is 0 Å². The van der Waals surface area contributed by atoms with Gasteiger partial charge in [0.25, 0.3) is 0 Å². The lowest BCUT2D eigenvalue weighted by molar-refractivity contribution is 0.500. The molecule has 3 heteroatoms. The molecule has 0 bridgehead atoms. The maximum Gasteiger partial charge on any atom is 0.108 e. The summed E-state index contributed by atoms with van der Waals surface area (Å²) in [7, 11) is 1.97. The van der Waals surface area contributed by atoms with Crippen molar-refractivity contribution in [2.24, 2.45) is 0 Å². The maximum atomic E-state index is 4.27. The van der Waals surface area contributed by atoms with Crippen molar-refractivity contribution in [3.8, 4) is 0 Å². The van der Waals surface area contributed by atoms with Crippen LogP contribution < -0.4 is 5.32 Å². The lowest BCUT2D eigenvalue weighted by atomic mass is 10.3. The molecule has 1 aromatic heterocycles. The molecule has 0 aliphatic carbocycles. The van der Waals surface area contributed by atoms with Crippen molar-refractivity contribution in [2.75, 3.05) is 13.6 Å². The van der Waals surface area contributed by atoms with Crippen molar-refractivity contribution in [3.63, 3.8) is 0 Å². The molecule has 1 heterocycles. The molecule has 0 fully saturated rings. The Balaban J connectivity index is 2.71. The molecule has 0 aliphatic rings. The smallest absolute Gasteiger partial charge is 0.108 e. The van der Waals surface area contributed by atoms with E-state index < -0.39 is 0 Å². The van der Waals surface area contributed by atoms with Crippen molar-refractivity contribution in [3.05, 3.63) is 18.2 Å². The summed E-state index contributed by atoms with van der Waals surface area (Å²) in [6, 6.07) is 0.493. The van der Waals surface area contributed by atoms with Gasteiger partial charge in [-0.3, -0.25) is 0 Å². The molecular formula is C9H17N3. The van der Waals surface area contributed by atoms with Gasteiger partial charge < -0.3 is 9.88 Å². The van der Waals surface area contributed by atoms with Gasteiger partial charge in [-0.15, -0.1) is 0 Å². The van der Waals surface area contributed by atoms with E-state index in [-0.39, 0.29) is 0 Å². The van der Waals surface area contributed by atoms with E-state index in [1.807, 2.05) is 19.4 Å². The van der Waals surface area contributed by atoms with E-state index in [1.54, 1.807) is 0 Å². The molecular weight excluding hydrogens is 150 g/mol. The first-order valence-electron chi connectivity index (χ1n) is 4.45. The molecule has 3 nitrogen and oxygen atoms in total. The number of nitrogens with one attached hydrogen (secondary N) is 1. The predicted molar refractivity (Wildman–Crippen MR) is 50.2 cm³/mol. The summed E-state index contributed by atoms with van der Waals surface area (Å²) in [5.41, 5.74) is 0. The number of imidazole rings is 1. The van der Waals surface area contributed by atoms with E-state index in [0.717, 1.165) is 18.8 Å². The van der Waals surface area contributed by atoms with Crippen LogP contribution in [0.2, 0.25) is 0 Å². The summed E-state index contributed by atoms with van der Waals surface area (Å²) in [6.07, 6.45) is 4.91. The molecule has 68 valence electrons. The number of aromatic nitrogens is 2. The molecule has 1 N–H and O–H groups in total. The Morgan fingerprint density at radius 2 is 2.42 bits per heavy atom. The lowest BCUT2D eigenvalue weighted by Crippen LogP contribution is -2.20. The van der Waals surface area contributed by atoms with Crippen LogP contribution in [-0.2, 0) is 6.42 Å². The first-order valence-corrected chi connectivity index (χ1v) is 4.45. The zero-order chi connectivity index (χ0) is 8.97. The van der Waals surface area contributed by atoms with Gasteiger partial charge in [0.15, 0.2) is 0 Å². The minimum Gasteiger partial charge on any atom is -0.331 e. The van der Waals surface area contributed by atoms with Crippen LogP contribution in [0.25, 0.3) is 0 Å². The second kappa shape index (κ2) is 4.26. The number of nitrogens with zero attached hydrogens (tertiary/aromatic N) is 2. The van der Waals surface area contributed by atoms with Gasteiger partial charge in [0.1, 0.15) is 5.82 Å². The van der Waals surface area contributed by atoms with E-state index >= 15 is 0 Å². The van der Waals surface area contributed by atoms with Gasteiger partial charge in [-0.25, -0.2) is 4.98 Å². The predicted octanol–water partition coefficient (Wildman–Crippen LogP) is 1.23. The molecule has 0 amide bonds. The quantitative estimate of drug-likeness (QED) is 0.731. The van der Waals surface area contributed by atoms with Crippen LogP contribution in [0.3, 0.4) is 0 Å². The summed E-state index contributed by atoms with van der Waals surface area (Å²) < 4.78 is 2.22. The van der Waals surface area contributed by atoms with E-state index in [2.05, 4.69) is 28.7 Å². The second-order valence-corrected chi connectivity index (χ2v) is 3.01. The Kier molecular flexibility index (Phi) is 3.29. The molecule has 12 heavy (non-hydrogen) atoms. The third kappa shape index (κ3) is 1.85. The first kappa shape index (κ1) is 9.26. The second-order valence-electron chi connectivity index (χ2n) is 3.01. The molecule has 1 unspecified atom stereocenters. The van der Waals surface area contributed by atoms with Gasteiger partial charge >= 0.3 is 0 Å². The number of likely N-dealkylation sites (N-methyl/N-ethyl adjacent to an activating group) is 1. The number of hydrogen-bond donors (Lipinski definition) is 1. The van der Waals surface area contributed by atoms with Gasteiger partial charge in [-0.1, -0.05) is 6.92 Å². The minimum absolute atomic E-state index is 0.493. The summed E-state index contributed by atoms with van der Waals surface area (Å²) in [4.78, 5) is 4.27. The molecule has 0 saturated carbocycles. The fourth-order valence-electron chi connectivity index (χ4n) is 1.41. The van der Waals surface area contributed by atoms with Crippen molar-refractivity contribution in [1.29, 1.82) is 0 Å². The zero-order valence-corrected chi connectivity index (χ0v) is 8.04. The highest BCUT2D eigenvalue weighted by Gasteiger charge is 2.06. The Morgan fingerprint density at radius 1 is 1.67 bits per heavy atom. The SMILES string of the molecule is CCc1nccn1C(C)CNC. The average molecular weight is 167 g/mol. The highest BCUT2D eigenvalue weighted by molar-refractivity contribution is 4.94. The van der Waals surface area contributed by atoms with Crippen LogP contribution in [0.1, 0.15) is 25.7 Å². The fourth-order valence-corrected chi connectivity index (χ4v) is 1.41. The highest BCUT2D eigenvalue weighted by Crippen LogP contribution is 2.08. The third-order valence-electron chi connectivity index (χ3n) is 2.04. The normalized spacial score (nSPS) is 13.2. The maximum absolute atomic E-state index is 4.27. The lowest BCUT2D eigenvalue weighted by Gasteiger charge is -2.14. The summed E-state index contributed by atoms with van der Waals surface area (Å²) >= 11 is 0. The average Bonchev–Trinajstić information content (AvgIpc) is 2.51. The highest BCUT2D eigenvalue weighted by atomic mass is 15.1. The third-order valence-corrected chi connectivity index (χ3v) is 2.04. The Hall–Kier alpha value is -0.830. The Labute approximate surface area is 73.8 Å². The van der Waals surface area contributed by atoms with E-state index in [1.165, 1.54) is 0 Å². The van der Waals surface area contributed by atoms with Gasteiger partial charge in [0, 0.05) is 31.4 Å². The number of hydrogen-bond acceptors (Lipinski definition) is 2. The Morgan fingerprint density at radius 3 is 3.00 bits per heavy atom. The standard InChI is InChI=1S/C9H17N3/c1-4-9-11-5-6-12(9)8(2)7-10-3/h5-6,8,10H,4,7H2,1-3H3. The van der Waals surface area contributed by atoms with Crippen molar-refractivity contribution >= 4 is 0 Å². The van der Waals surface area contributed by atoms with Crippen molar-refractivity contribution in [2.45, 2.75) is 26.3 Å². The van der Waals surface area contributed by atoms with E-state index in [0.29, 0.717) is 6.04 Å². The molecule has 0 aromatic carbocycles. The molecule has 1 rings (SSSR count).